The molecule has 9 heavy (non-hydrogen) atoms. The van der Waals surface area contributed by atoms with Gasteiger partial charge in [0.1, 0.15) is 0 Å². The second-order valence-corrected chi connectivity index (χ2v) is 2.04. The fourth-order valence-corrected chi connectivity index (χ4v) is 0.827. The van der Waals surface area contributed by atoms with Crippen LogP contribution in [-0.2, 0) is 0 Å². The van der Waals surface area contributed by atoms with Gasteiger partial charge in [-0.1, -0.05) is 0 Å². The Morgan fingerprint density at radius 1 is 1.67 bits per heavy atom. The van der Waals surface area contributed by atoms with E-state index in [0.717, 1.165) is 6.54 Å². The Balaban J connectivity index is 2.70. The van der Waals surface area contributed by atoms with Crippen molar-refractivity contribution in [3.05, 3.63) is 11.3 Å². The molecule has 3 N–H and O–H groups in total. The molecule has 0 saturated carbocycles. The summed E-state index contributed by atoms with van der Waals surface area (Å²) in [5.41, 5.74) is 0.709. The van der Waals surface area contributed by atoms with E-state index in [-0.39, 0.29) is 0 Å². The molecule has 0 bridgehead atoms. The zero-order valence-electron chi connectivity index (χ0n) is 5.15. The lowest BCUT2D eigenvalue weighted by molar-refractivity contribution is 0.369. The average molecular weight is 126 g/mol. The standard InChI is InChI=1S/C6H10N2O/c7-3-5-4-8-2-1-6(5)9/h3,7-9H,1-2,4H2. The van der Waals surface area contributed by atoms with Gasteiger partial charge in [-0.15, -0.1) is 0 Å². The highest BCUT2D eigenvalue weighted by molar-refractivity contribution is 5.77. The maximum Gasteiger partial charge on any atom is 0.0995 e. The van der Waals surface area contributed by atoms with E-state index in [9.17, 15) is 0 Å². The summed E-state index contributed by atoms with van der Waals surface area (Å²) >= 11 is 0. The summed E-state index contributed by atoms with van der Waals surface area (Å²) in [6, 6.07) is 0. The molecule has 0 aromatic heterocycles. The lowest BCUT2D eigenvalue weighted by atomic mass is 10.1. The van der Waals surface area contributed by atoms with Gasteiger partial charge in [0.05, 0.1) is 5.76 Å². The molecule has 0 aliphatic carbocycles. The first-order valence-electron chi connectivity index (χ1n) is 2.97. The quantitative estimate of drug-likeness (QED) is 0.446. The van der Waals surface area contributed by atoms with E-state index in [1.807, 2.05) is 0 Å². The SMILES string of the molecule is N=CC1=C(O)CCNC1. The second-order valence-electron chi connectivity index (χ2n) is 2.04. The Morgan fingerprint density at radius 3 is 2.89 bits per heavy atom. The Hall–Kier alpha value is -0.830. The van der Waals surface area contributed by atoms with Crippen LogP contribution in [0.5, 0.6) is 0 Å². The minimum absolute atomic E-state index is 0.365. The number of hydrogen-bond donors (Lipinski definition) is 3. The van der Waals surface area contributed by atoms with Crippen LogP contribution in [0.15, 0.2) is 11.3 Å². The van der Waals surface area contributed by atoms with Crippen molar-refractivity contribution in [3.63, 3.8) is 0 Å². The zero-order valence-corrected chi connectivity index (χ0v) is 5.15. The predicted octanol–water partition coefficient (Wildman–Crippen LogP) is 0.441. The third-order valence-corrected chi connectivity index (χ3v) is 1.40. The lowest BCUT2D eigenvalue weighted by Crippen LogP contribution is -2.25. The van der Waals surface area contributed by atoms with Gasteiger partial charge in [0, 0.05) is 31.3 Å². The number of nitrogens with one attached hydrogen (secondary N) is 2. The van der Waals surface area contributed by atoms with Crippen LogP contribution in [0.4, 0.5) is 0 Å². The van der Waals surface area contributed by atoms with Crippen molar-refractivity contribution in [1.29, 1.82) is 5.41 Å². The highest BCUT2D eigenvalue weighted by Crippen LogP contribution is 2.05. The molecule has 0 aromatic rings. The van der Waals surface area contributed by atoms with Gasteiger partial charge in [-0.05, 0) is 0 Å². The van der Waals surface area contributed by atoms with Gasteiger partial charge in [-0.3, -0.25) is 0 Å². The first-order chi connectivity index (χ1) is 4.34. The number of aliphatic hydroxyl groups is 1. The topological polar surface area (TPSA) is 56.1 Å². The van der Waals surface area contributed by atoms with E-state index in [1.54, 1.807) is 0 Å². The van der Waals surface area contributed by atoms with E-state index in [4.69, 9.17) is 10.5 Å². The van der Waals surface area contributed by atoms with Gasteiger partial charge in [0.2, 0.25) is 0 Å². The first-order valence-corrected chi connectivity index (χ1v) is 2.97. The molecule has 0 amide bonds. The van der Waals surface area contributed by atoms with E-state index in [0.29, 0.717) is 24.3 Å². The Bertz CT molecular complexity index is 151. The molecule has 1 heterocycles. The average Bonchev–Trinajstić information content (AvgIpc) is 1.89. The minimum atomic E-state index is 0.365. The van der Waals surface area contributed by atoms with E-state index < -0.39 is 0 Å². The van der Waals surface area contributed by atoms with Gasteiger partial charge in [0.25, 0.3) is 0 Å². The zero-order chi connectivity index (χ0) is 6.69. The monoisotopic (exact) mass is 126 g/mol. The molecule has 0 aromatic carbocycles. The fraction of sp³-hybridized carbons (Fsp3) is 0.500. The summed E-state index contributed by atoms with van der Waals surface area (Å²) in [6.07, 6.45) is 1.85. The molecule has 0 atom stereocenters. The van der Waals surface area contributed by atoms with Crippen LogP contribution in [0.3, 0.4) is 0 Å². The van der Waals surface area contributed by atoms with Crippen molar-refractivity contribution in [2.75, 3.05) is 13.1 Å². The van der Waals surface area contributed by atoms with Crippen molar-refractivity contribution in [2.24, 2.45) is 0 Å². The number of aliphatic hydroxyl groups excluding tert-OH is 1. The van der Waals surface area contributed by atoms with Crippen molar-refractivity contribution >= 4 is 6.21 Å². The largest absolute Gasteiger partial charge is 0.512 e. The summed E-state index contributed by atoms with van der Waals surface area (Å²) < 4.78 is 0. The highest BCUT2D eigenvalue weighted by Gasteiger charge is 2.07. The Morgan fingerprint density at radius 2 is 2.44 bits per heavy atom. The van der Waals surface area contributed by atoms with Gasteiger partial charge in [-0.25, -0.2) is 0 Å². The van der Waals surface area contributed by atoms with E-state index in [1.165, 1.54) is 6.21 Å². The number of hydrogen-bond acceptors (Lipinski definition) is 3. The Labute approximate surface area is 53.9 Å². The summed E-state index contributed by atoms with van der Waals surface area (Å²) in [4.78, 5) is 0. The molecular formula is C6H10N2O. The van der Waals surface area contributed by atoms with E-state index >= 15 is 0 Å². The van der Waals surface area contributed by atoms with E-state index in [2.05, 4.69) is 5.32 Å². The Kier molecular flexibility index (Phi) is 1.85. The molecule has 1 rings (SSSR count). The predicted molar refractivity (Wildman–Crippen MR) is 35.9 cm³/mol. The van der Waals surface area contributed by atoms with Crippen LogP contribution >= 0.6 is 0 Å². The van der Waals surface area contributed by atoms with Gasteiger partial charge in [-0.2, -0.15) is 0 Å². The molecule has 1 aliphatic heterocycles. The second kappa shape index (κ2) is 2.64. The van der Waals surface area contributed by atoms with Crippen molar-refractivity contribution in [3.8, 4) is 0 Å². The van der Waals surface area contributed by atoms with Crippen molar-refractivity contribution in [2.45, 2.75) is 6.42 Å². The van der Waals surface area contributed by atoms with Crippen LogP contribution in [0, 0.1) is 5.41 Å². The minimum Gasteiger partial charge on any atom is -0.512 e. The normalized spacial score (nSPS) is 20.0. The molecule has 0 unspecified atom stereocenters. The third-order valence-electron chi connectivity index (χ3n) is 1.40. The molecule has 0 saturated heterocycles. The molecule has 1 aliphatic rings. The molecule has 0 radical (unpaired) electrons. The number of rotatable bonds is 1. The van der Waals surface area contributed by atoms with Crippen LogP contribution in [0.25, 0.3) is 0 Å². The summed E-state index contributed by atoms with van der Waals surface area (Å²) in [6.45, 7) is 1.46. The fourth-order valence-electron chi connectivity index (χ4n) is 0.827. The van der Waals surface area contributed by atoms with Gasteiger partial charge < -0.3 is 15.8 Å². The molecule has 0 fully saturated rings. The molecule has 3 nitrogen and oxygen atoms in total. The highest BCUT2D eigenvalue weighted by atomic mass is 16.3. The van der Waals surface area contributed by atoms with Crippen LogP contribution in [0.2, 0.25) is 0 Å². The van der Waals surface area contributed by atoms with Gasteiger partial charge in [0.15, 0.2) is 0 Å². The molecular weight excluding hydrogens is 116 g/mol. The molecule has 3 heteroatoms. The van der Waals surface area contributed by atoms with Crippen LogP contribution in [0.1, 0.15) is 6.42 Å². The molecule has 50 valence electrons. The molecule has 0 spiro atoms. The summed E-state index contributed by atoms with van der Waals surface area (Å²) in [7, 11) is 0. The third kappa shape index (κ3) is 1.29. The lowest BCUT2D eigenvalue weighted by Gasteiger charge is -2.12. The van der Waals surface area contributed by atoms with Crippen LogP contribution in [-0.4, -0.2) is 24.4 Å². The summed E-state index contributed by atoms with van der Waals surface area (Å²) in [5, 5.41) is 18.9. The summed E-state index contributed by atoms with van der Waals surface area (Å²) in [5.74, 6) is 0.365. The maximum absolute atomic E-state index is 9.06. The van der Waals surface area contributed by atoms with Gasteiger partial charge >= 0.3 is 0 Å². The van der Waals surface area contributed by atoms with Crippen molar-refractivity contribution < 1.29 is 5.11 Å². The van der Waals surface area contributed by atoms with Crippen molar-refractivity contribution in [1.82, 2.24) is 5.32 Å². The first kappa shape index (κ1) is 6.29. The smallest absolute Gasteiger partial charge is 0.0995 e. The van der Waals surface area contributed by atoms with Crippen LogP contribution < -0.4 is 5.32 Å². The maximum atomic E-state index is 9.06.